The highest BCUT2D eigenvalue weighted by Crippen LogP contribution is 2.27. The minimum atomic E-state index is -3.93. The molecule has 0 unspecified atom stereocenters. The van der Waals surface area contributed by atoms with Crippen molar-refractivity contribution in [2.75, 3.05) is 17.8 Å². The molecule has 7 nitrogen and oxygen atoms in total. The van der Waals surface area contributed by atoms with Crippen LogP contribution in [0.1, 0.15) is 43.0 Å². The van der Waals surface area contributed by atoms with E-state index in [4.69, 9.17) is 23.2 Å². The molecule has 1 aliphatic heterocycles. The number of amides is 2. The Bertz CT molecular complexity index is 1110. The molecule has 0 bridgehead atoms. The van der Waals surface area contributed by atoms with Gasteiger partial charge in [-0.15, -0.1) is 0 Å². The zero-order valence-corrected chi connectivity index (χ0v) is 19.9. The zero-order valence-electron chi connectivity index (χ0n) is 17.6. The maximum atomic E-state index is 13.1. The van der Waals surface area contributed by atoms with Crippen LogP contribution in [0.5, 0.6) is 0 Å². The fourth-order valence-corrected chi connectivity index (χ4v) is 4.97. The van der Waals surface area contributed by atoms with Gasteiger partial charge in [0.25, 0.3) is 15.9 Å². The molecule has 0 radical (unpaired) electrons. The summed E-state index contributed by atoms with van der Waals surface area (Å²) in [5, 5.41) is 3.25. The van der Waals surface area contributed by atoms with Crippen molar-refractivity contribution in [3.63, 3.8) is 0 Å². The van der Waals surface area contributed by atoms with Gasteiger partial charge in [-0.1, -0.05) is 42.6 Å². The van der Waals surface area contributed by atoms with Crippen molar-refractivity contribution in [3.05, 3.63) is 58.1 Å². The molecular formula is C22H25Cl2N3O4S. The second kappa shape index (κ2) is 10.6. The van der Waals surface area contributed by atoms with Crippen LogP contribution in [-0.4, -0.2) is 44.3 Å². The Morgan fingerprint density at radius 3 is 2.62 bits per heavy atom. The molecule has 3 rings (SSSR count). The summed E-state index contributed by atoms with van der Waals surface area (Å²) < 4.78 is 27.9. The van der Waals surface area contributed by atoms with E-state index in [0.29, 0.717) is 25.1 Å². The van der Waals surface area contributed by atoms with E-state index in [1.165, 1.54) is 24.3 Å². The topological polar surface area (TPSA) is 95.6 Å². The summed E-state index contributed by atoms with van der Waals surface area (Å²) in [6.45, 7) is 3.10. The third kappa shape index (κ3) is 5.74. The summed E-state index contributed by atoms with van der Waals surface area (Å²) in [4.78, 5) is 27.1. The molecule has 2 aromatic carbocycles. The largest absolute Gasteiger partial charge is 0.354 e. The van der Waals surface area contributed by atoms with Crippen LogP contribution in [0, 0.1) is 0 Å². The molecule has 2 amide bonds. The molecule has 0 spiro atoms. The molecule has 0 saturated carbocycles. The molecular weight excluding hydrogens is 473 g/mol. The lowest BCUT2D eigenvalue weighted by Gasteiger charge is -2.24. The van der Waals surface area contributed by atoms with Gasteiger partial charge in [0.1, 0.15) is 6.04 Å². The van der Waals surface area contributed by atoms with E-state index in [2.05, 4.69) is 10.0 Å². The minimum Gasteiger partial charge on any atom is -0.354 e. The Morgan fingerprint density at radius 2 is 1.91 bits per heavy atom. The van der Waals surface area contributed by atoms with E-state index in [0.717, 1.165) is 19.3 Å². The van der Waals surface area contributed by atoms with Gasteiger partial charge < -0.3 is 10.2 Å². The monoisotopic (exact) mass is 497 g/mol. The number of unbranched alkanes of at least 4 members (excludes halogenated alkanes) is 1. The number of nitrogens with zero attached hydrogens (tertiary/aromatic N) is 1. The third-order valence-corrected chi connectivity index (χ3v) is 7.33. The van der Waals surface area contributed by atoms with Gasteiger partial charge in [0.2, 0.25) is 5.91 Å². The molecule has 1 fully saturated rings. The summed E-state index contributed by atoms with van der Waals surface area (Å²) in [6, 6.07) is 9.68. The van der Waals surface area contributed by atoms with Gasteiger partial charge in [-0.05, 0) is 55.7 Å². The predicted octanol–water partition coefficient (Wildman–Crippen LogP) is 4.32. The van der Waals surface area contributed by atoms with Crippen LogP contribution in [0.3, 0.4) is 0 Å². The first-order chi connectivity index (χ1) is 15.2. The Balaban J connectivity index is 1.75. The minimum absolute atomic E-state index is 0.0491. The average molecular weight is 498 g/mol. The van der Waals surface area contributed by atoms with E-state index in [-0.39, 0.29) is 32.4 Å². The van der Waals surface area contributed by atoms with Gasteiger partial charge in [0.05, 0.1) is 14.9 Å². The van der Waals surface area contributed by atoms with Gasteiger partial charge in [-0.2, -0.15) is 0 Å². The number of hydrogen-bond donors (Lipinski definition) is 2. The lowest BCUT2D eigenvalue weighted by Crippen LogP contribution is -2.46. The number of anilines is 1. The molecule has 1 saturated heterocycles. The summed E-state index contributed by atoms with van der Waals surface area (Å²) in [7, 11) is -3.93. The lowest BCUT2D eigenvalue weighted by atomic mass is 10.1. The smallest absolute Gasteiger partial charge is 0.261 e. The number of rotatable bonds is 8. The molecule has 2 aromatic rings. The van der Waals surface area contributed by atoms with Crippen LogP contribution in [0.25, 0.3) is 0 Å². The predicted molar refractivity (Wildman–Crippen MR) is 126 cm³/mol. The van der Waals surface area contributed by atoms with Crippen LogP contribution < -0.4 is 10.0 Å². The standard InChI is InChI=1S/C22H25Cl2N3O4S/c1-2-3-11-25-21(28)20-8-5-12-27(20)22(29)15-6-4-7-16(13-15)26-32(30,31)17-9-10-18(23)19(24)14-17/h4,6-7,9-10,13-14,20,26H,2-3,5,8,11-12H2,1H3,(H,25,28)/t20-/m1/s1. The van der Waals surface area contributed by atoms with Crippen molar-refractivity contribution in [3.8, 4) is 0 Å². The van der Waals surface area contributed by atoms with Gasteiger partial charge in [0.15, 0.2) is 0 Å². The molecule has 0 aliphatic carbocycles. The van der Waals surface area contributed by atoms with Crippen molar-refractivity contribution in [1.29, 1.82) is 0 Å². The molecule has 0 aromatic heterocycles. The van der Waals surface area contributed by atoms with Crippen LogP contribution in [-0.2, 0) is 14.8 Å². The fourth-order valence-electron chi connectivity index (χ4n) is 3.53. The number of likely N-dealkylation sites (tertiary alicyclic amines) is 1. The first-order valence-corrected chi connectivity index (χ1v) is 12.6. The van der Waals surface area contributed by atoms with Crippen molar-refractivity contribution >= 4 is 50.7 Å². The third-order valence-electron chi connectivity index (χ3n) is 5.21. The Morgan fingerprint density at radius 1 is 1.12 bits per heavy atom. The maximum Gasteiger partial charge on any atom is 0.261 e. The molecule has 1 aliphatic rings. The SMILES string of the molecule is CCCCNC(=O)[C@H]1CCCN1C(=O)c1cccc(NS(=O)(=O)c2ccc(Cl)c(Cl)c2)c1. The van der Waals surface area contributed by atoms with Crippen LogP contribution >= 0.6 is 23.2 Å². The second-order valence-electron chi connectivity index (χ2n) is 7.56. The number of benzene rings is 2. The molecule has 172 valence electrons. The number of hydrogen-bond acceptors (Lipinski definition) is 4. The molecule has 2 N–H and O–H groups in total. The van der Waals surface area contributed by atoms with Gasteiger partial charge in [-0.25, -0.2) is 8.42 Å². The number of sulfonamides is 1. The summed E-state index contributed by atoms with van der Waals surface area (Å²) >= 11 is 11.8. The van der Waals surface area contributed by atoms with Crippen molar-refractivity contribution in [2.45, 2.75) is 43.5 Å². The number of halogens is 2. The van der Waals surface area contributed by atoms with Crippen molar-refractivity contribution < 1.29 is 18.0 Å². The van der Waals surface area contributed by atoms with Crippen molar-refractivity contribution in [1.82, 2.24) is 10.2 Å². The Hall–Kier alpha value is -2.29. The zero-order chi connectivity index (χ0) is 23.3. The Kier molecular flexibility index (Phi) is 8.03. The van der Waals surface area contributed by atoms with E-state index in [9.17, 15) is 18.0 Å². The number of carbonyl (C=O) groups excluding carboxylic acids is 2. The quantitative estimate of drug-likeness (QED) is 0.530. The highest BCUT2D eigenvalue weighted by atomic mass is 35.5. The summed E-state index contributed by atoms with van der Waals surface area (Å²) in [6.07, 6.45) is 3.19. The summed E-state index contributed by atoms with van der Waals surface area (Å²) in [5.74, 6) is -0.463. The van der Waals surface area contributed by atoms with Gasteiger partial charge in [-0.3, -0.25) is 14.3 Å². The van der Waals surface area contributed by atoms with E-state index in [1.54, 1.807) is 23.1 Å². The highest BCUT2D eigenvalue weighted by molar-refractivity contribution is 7.92. The molecule has 1 atom stereocenters. The lowest BCUT2D eigenvalue weighted by molar-refractivity contribution is -0.124. The van der Waals surface area contributed by atoms with E-state index >= 15 is 0 Å². The molecule has 32 heavy (non-hydrogen) atoms. The maximum absolute atomic E-state index is 13.1. The normalized spacial score (nSPS) is 16.1. The first kappa shape index (κ1) is 24.4. The van der Waals surface area contributed by atoms with Crippen molar-refractivity contribution in [2.24, 2.45) is 0 Å². The fraction of sp³-hybridized carbons (Fsp3) is 0.364. The highest BCUT2D eigenvalue weighted by Gasteiger charge is 2.34. The average Bonchev–Trinajstić information content (AvgIpc) is 3.25. The number of carbonyl (C=O) groups is 2. The van der Waals surface area contributed by atoms with Gasteiger partial charge in [0, 0.05) is 24.3 Å². The molecule has 1 heterocycles. The summed E-state index contributed by atoms with van der Waals surface area (Å²) in [5.41, 5.74) is 0.526. The van der Waals surface area contributed by atoms with Gasteiger partial charge >= 0.3 is 0 Å². The van der Waals surface area contributed by atoms with Crippen LogP contribution in [0.4, 0.5) is 5.69 Å². The first-order valence-electron chi connectivity index (χ1n) is 10.4. The molecule has 10 heteroatoms. The van der Waals surface area contributed by atoms with Crippen LogP contribution in [0.15, 0.2) is 47.4 Å². The van der Waals surface area contributed by atoms with E-state index in [1.807, 2.05) is 6.92 Å². The van der Waals surface area contributed by atoms with Crippen LogP contribution in [0.2, 0.25) is 10.0 Å². The number of nitrogens with one attached hydrogen (secondary N) is 2. The Labute approximate surface area is 198 Å². The van der Waals surface area contributed by atoms with E-state index < -0.39 is 16.1 Å². The second-order valence-corrected chi connectivity index (χ2v) is 10.1.